The Labute approximate surface area is 266 Å². The van der Waals surface area contributed by atoms with Crippen molar-refractivity contribution >= 4 is 29.2 Å². The van der Waals surface area contributed by atoms with Crippen molar-refractivity contribution < 1.29 is 0 Å². The quantitative estimate of drug-likeness (QED) is 0.163. The summed E-state index contributed by atoms with van der Waals surface area (Å²) < 4.78 is 0. The van der Waals surface area contributed by atoms with E-state index in [1.54, 1.807) is 0 Å². The van der Waals surface area contributed by atoms with Crippen molar-refractivity contribution in [2.75, 3.05) is 4.90 Å². The molecule has 7 aromatic carbocycles. The van der Waals surface area contributed by atoms with Crippen molar-refractivity contribution in [3.63, 3.8) is 0 Å². The fraction of sp³-hybridized carbons (Fsp3) is 0. The highest BCUT2D eigenvalue weighted by Crippen LogP contribution is 2.38. The third kappa shape index (κ3) is 6.54. The van der Waals surface area contributed by atoms with Gasteiger partial charge in [-0.3, -0.25) is 0 Å². The van der Waals surface area contributed by atoms with Crippen molar-refractivity contribution in [1.82, 2.24) is 0 Å². The molecule has 0 fully saturated rings. The van der Waals surface area contributed by atoms with E-state index in [4.69, 9.17) is 0 Å². The van der Waals surface area contributed by atoms with Gasteiger partial charge in [-0.05, 0) is 80.9 Å². The lowest BCUT2D eigenvalue weighted by Crippen LogP contribution is -2.10. The predicted molar refractivity (Wildman–Crippen MR) is 193 cm³/mol. The van der Waals surface area contributed by atoms with Gasteiger partial charge < -0.3 is 4.90 Å². The standard InChI is InChI=1S/C44H33N/c1-4-11-34(12-5-1)19-20-35-21-29-42(30-22-35)45(44-18-10-17-41(33-44)37-15-8-3-9-16-37)43-31-27-40(28-32-43)39-25-23-38(24-26-39)36-13-6-2-7-14-36/h1-33H/b20-19+. The van der Waals surface area contributed by atoms with E-state index in [0.29, 0.717) is 0 Å². The molecule has 0 heterocycles. The highest BCUT2D eigenvalue weighted by atomic mass is 15.1. The van der Waals surface area contributed by atoms with E-state index in [1.165, 1.54) is 38.9 Å². The van der Waals surface area contributed by atoms with E-state index in [0.717, 1.165) is 22.6 Å². The number of anilines is 3. The molecule has 0 amide bonds. The average molecular weight is 576 g/mol. The van der Waals surface area contributed by atoms with Gasteiger partial charge in [-0.25, -0.2) is 0 Å². The van der Waals surface area contributed by atoms with Crippen LogP contribution in [0.4, 0.5) is 17.1 Å². The molecule has 0 unspecified atom stereocenters. The first-order valence-electron chi connectivity index (χ1n) is 15.3. The van der Waals surface area contributed by atoms with E-state index in [-0.39, 0.29) is 0 Å². The second kappa shape index (κ2) is 13.2. The fourth-order valence-corrected chi connectivity index (χ4v) is 5.68. The van der Waals surface area contributed by atoms with Crippen LogP contribution in [0.1, 0.15) is 11.1 Å². The van der Waals surface area contributed by atoms with E-state index >= 15 is 0 Å². The molecular formula is C44H33N. The Balaban J connectivity index is 1.22. The zero-order valence-corrected chi connectivity index (χ0v) is 25.0. The van der Waals surface area contributed by atoms with Gasteiger partial charge in [0.25, 0.3) is 0 Å². The van der Waals surface area contributed by atoms with Gasteiger partial charge in [0, 0.05) is 17.1 Å². The Morgan fingerprint density at radius 1 is 0.267 bits per heavy atom. The summed E-state index contributed by atoms with van der Waals surface area (Å²) in [5.41, 5.74) is 12.9. The molecule has 0 atom stereocenters. The summed E-state index contributed by atoms with van der Waals surface area (Å²) in [6.07, 6.45) is 4.32. The zero-order valence-electron chi connectivity index (χ0n) is 25.0. The topological polar surface area (TPSA) is 3.24 Å². The first-order valence-corrected chi connectivity index (χ1v) is 15.3. The summed E-state index contributed by atoms with van der Waals surface area (Å²) in [6, 6.07) is 66.8. The fourth-order valence-electron chi connectivity index (χ4n) is 5.68. The van der Waals surface area contributed by atoms with Crippen LogP contribution in [0.3, 0.4) is 0 Å². The van der Waals surface area contributed by atoms with Crippen LogP contribution in [0.2, 0.25) is 0 Å². The maximum Gasteiger partial charge on any atom is 0.0467 e. The zero-order chi connectivity index (χ0) is 30.3. The minimum Gasteiger partial charge on any atom is -0.310 e. The van der Waals surface area contributed by atoms with E-state index in [9.17, 15) is 0 Å². The van der Waals surface area contributed by atoms with Crippen LogP contribution in [0.25, 0.3) is 45.5 Å². The Morgan fingerprint density at radius 2 is 0.644 bits per heavy atom. The molecule has 1 nitrogen and oxygen atoms in total. The monoisotopic (exact) mass is 575 g/mol. The molecule has 0 saturated heterocycles. The largest absolute Gasteiger partial charge is 0.310 e. The molecule has 0 bridgehead atoms. The average Bonchev–Trinajstić information content (AvgIpc) is 3.13. The molecule has 0 aliphatic rings. The molecule has 0 aromatic heterocycles. The van der Waals surface area contributed by atoms with E-state index in [1.807, 2.05) is 6.07 Å². The Kier molecular flexibility index (Phi) is 8.15. The smallest absolute Gasteiger partial charge is 0.0467 e. The molecule has 0 aliphatic carbocycles. The van der Waals surface area contributed by atoms with Gasteiger partial charge >= 0.3 is 0 Å². The first-order chi connectivity index (χ1) is 22.3. The number of benzene rings is 7. The third-order valence-corrected chi connectivity index (χ3v) is 8.08. The molecule has 45 heavy (non-hydrogen) atoms. The Morgan fingerprint density at radius 3 is 1.18 bits per heavy atom. The van der Waals surface area contributed by atoms with Crippen LogP contribution < -0.4 is 4.90 Å². The van der Waals surface area contributed by atoms with Gasteiger partial charge in [0.1, 0.15) is 0 Å². The normalized spacial score (nSPS) is 11.0. The van der Waals surface area contributed by atoms with Crippen LogP contribution in [-0.4, -0.2) is 0 Å². The molecule has 0 radical (unpaired) electrons. The van der Waals surface area contributed by atoms with Crippen LogP contribution in [0.5, 0.6) is 0 Å². The number of hydrogen-bond acceptors (Lipinski definition) is 1. The molecule has 7 aromatic rings. The molecule has 0 aliphatic heterocycles. The Hall–Kier alpha value is -5.92. The van der Waals surface area contributed by atoms with Crippen molar-refractivity contribution in [1.29, 1.82) is 0 Å². The van der Waals surface area contributed by atoms with Gasteiger partial charge in [-0.1, -0.05) is 164 Å². The lowest BCUT2D eigenvalue weighted by Gasteiger charge is -2.26. The van der Waals surface area contributed by atoms with Gasteiger partial charge in [0.15, 0.2) is 0 Å². The number of rotatable bonds is 8. The Bertz CT molecular complexity index is 1990. The van der Waals surface area contributed by atoms with Crippen molar-refractivity contribution in [2.45, 2.75) is 0 Å². The molecule has 1 heteroatoms. The van der Waals surface area contributed by atoms with Gasteiger partial charge in [-0.2, -0.15) is 0 Å². The molecule has 0 N–H and O–H groups in total. The lowest BCUT2D eigenvalue weighted by atomic mass is 10.00. The van der Waals surface area contributed by atoms with Gasteiger partial charge in [-0.15, -0.1) is 0 Å². The number of hydrogen-bond donors (Lipinski definition) is 0. The van der Waals surface area contributed by atoms with Gasteiger partial charge in [0.05, 0.1) is 0 Å². The van der Waals surface area contributed by atoms with Crippen LogP contribution in [0.15, 0.2) is 188 Å². The predicted octanol–water partition coefficient (Wildman–Crippen LogP) is 12.3. The van der Waals surface area contributed by atoms with Crippen molar-refractivity contribution in [3.8, 4) is 33.4 Å². The van der Waals surface area contributed by atoms with E-state index in [2.05, 4.69) is 199 Å². The lowest BCUT2D eigenvalue weighted by molar-refractivity contribution is 1.28. The SMILES string of the molecule is C(=C\c1ccc(N(c2ccc(-c3ccc(-c4ccccc4)cc3)cc2)c2cccc(-c3ccccc3)c2)cc1)/c1ccccc1. The van der Waals surface area contributed by atoms with Crippen LogP contribution in [-0.2, 0) is 0 Å². The van der Waals surface area contributed by atoms with Crippen molar-refractivity contribution in [3.05, 3.63) is 199 Å². The highest BCUT2D eigenvalue weighted by molar-refractivity contribution is 5.82. The maximum absolute atomic E-state index is 2.33. The molecule has 7 rings (SSSR count). The minimum absolute atomic E-state index is 1.11. The van der Waals surface area contributed by atoms with Gasteiger partial charge in [0.2, 0.25) is 0 Å². The van der Waals surface area contributed by atoms with Crippen LogP contribution in [0, 0.1) is 0 Å². The summed E-state index contributed by atoms with van der Waals surface area (Å²) in [6.45, 7) is 0. The van der Waals surface area contributed by atoms with E-state index < -0.39 is 0 Å². The van der Waals surface area contributed by atoms with Crippen molar-refractivity contribution in [2.24, 2.45) is 0 Å². The first kappa shape index (κ1) is 27.9. The minimum atomic E-state index is 1.11. The van der Waals surface area contributed by atoms with Crippen LogP contribution >= 0.6 is 0 Å². The molecule has 214 valence electrons. The summed E-state index contributed by atoms with van der Waals surface area (Å²) >= 11 is 0. The maximum atomic E-state index is 2.33. The highest BCUT2D eigenvalue weighted by Gasteiger charge is 2.14. The molecule has 0 spiro atoms. The summed E-state index contributed by atoms with van der Waals surface area (Å²) in [5.74, 6) is 0. The summed E-state index contributed by atoms with van der Waals surface area (Å²) in [7, 11) is 0. The second-order valence-electron chi connectivity index (χ2n) is 11.1. The summed E-state index contributed by atoms with van der Waals surface area (Å²) in [4.78, 5) is 2.33. The second-order valence-corrected chi connectivity index (χ2v) is 11.1. The summed E-state index contributed by atoms with van der Waals surface area (Å²) in [5, 5.41) is 0. The molecule has 0 saturated carbocycles. The number of nitrogens with zero attached hydrogens (tertiary/aromatic N) is 1. The third-order valence-electron chi connectivity index (χ3n) is 8.08. The molecular weight excluding hydrogens is 542 g/mol.